The van der Waals surface area contributed by atoms with Crippen molar-refractivity contribution < 1.29 is 4.52 Å². The van der Waals surface area contributed by atoms with Crippen LogP contribution in [0.25, 0.3) is 0 Å². The van der Waals surface area contributed by atoms with Crippen molar-refractivity contribution in [3.8, 4) is 0 Å². The number of hydrogen-bond donors (Lipinski definition) is 1. The molecular weight excluding hydrogens is 264 g/mol. The van der Waals surface area contributed by atoms with Gasteiger partial charge in [-0.05, 0) is 30.5 Å². The average molecular weight is 286 g/mol. The first-order chi connectivity index (χ1) is 10.2. The smallest absolute Gasteiger partial charge is 0.266 e. The van der Waals surface area contributed by atoms with Gasteiger partial charge in [-0.1, -0.05) is 43.2 Å². The third kappa shape index (κ3) is 2.93. The molecule has 1 aliphatic rings. The summed E-state index contributed by atoms with van der Waals surface area (Å²) in [4.78, 5) is 6.74. The van der Waals surface area contributed by atoms with Crippen LogP contribution in [0.3, 0.4) is 0 Å². The van der Waals surface area contributed by atoms with Gasteiger partial charge >= 0.3 is 0 Å². The first-order valence-corrected chi connectivity index (χ1v) is 7.61. The van der Waals surface area contributed by atoms with E-state index in [9.17, 15) is 0 Å². The second-order valence-electron chi connectivity index (χ2n) is 5.87. The molecular formula is C16H22N4O. The fraction of sp³-hybridized carbons (Fsp3) is 0.500. The molecule has 2 heterocycles. The number of hydrogen-bond acceptors (Lipinski definition) is 5. The molecule has 1 fully saturated rings. The Morgan fingerprint density at radius 3 is 2.43 bits per heavy atom. The van der Waals surface area contributed by atoms with E-state index in [0.717, 1.165) is 18.7 Å². The maximum absolute atomic E-state index is 6.42. The third-order valence-electron chi connectivity index (χ3n) is 4.12. The van der Waals surface area contributed by atoms with Crippen molar-refractivity contribution in [3.63, 3.8) is 0 Å². The predicted octanol–water partition coefficient (Wildman–Crippen LogP) is 2.67. The lowest BCUT2D eigenvalue weighted by atomic mass is 9.93. The first kappa shape index (κ1) is 14.1. The zero-order chi connectivity index (χ0) is 14.7. The summed E-state index contributed by atoms with van der Waals surface area (Å²) in [7, 11) is 0. The molecule has 0 saturated carbocycles. The molecule has 1 atom stereocenters. The SMILES string of the molecule is CC(N)(c1ccccc1)c1nc(N2CCCCCC2)no1. The molecule has 1 unspecified atom stereocenters. The highest BCUT2D eigenvalue weighted by Gasteiger charge is 2.31. The van der Waals surface area contributed by atoms with Gasteiger partial charge in [0.2, 0.25) is 0 Å². The fourth-order valence-electron chi connectivity index (χ4n) is 2.73. The van der Waals surface area contributed by atoms with Gasteiger partial charge in [0, 0.05) is 13.1 Å². The summed E-state index contributed by atoms with van der Waals surface area (Å²) < 4.78 is 5.45. The monoisotopic (exact) mass is 286 g/mol. The van der Waals surface area contributed by atoms with Crippen molar-refractivity contribution in [1.82, 2.24) is 10.1 Å². The Morgan fingerprint density at radius 2 is 1.76 bits per heavy atom. The van der Waals surface area contributed by atoms with E-state index in [2.05, 4.69) is 15.0 Å². The average Bonchev–Trinajstić information content (AvgIpc) is 2.85. The molecule has 0 spiro atoms. The van der Waals surface area contributed by atoms with Gasteiger partial charge < -0.3 is 15.2 Å². The van der Waals surface area contributed by atoms with Crippen LogP contribution < -0.4 is 10.6 Å². The van der Waals surface area contributed by atoms with E-state index in [-0.39, 0.29) is 0 Å². The minimum Gasteiger partial charge on any atom is -0.338 e. The van der Waals surface area contributed by atoms with Gasteiger partial charge in [-0.2, -0.15) is 4.98 Å². The standard InChI is InChI=1S/C16H22N4O/c1-16(17,13-9-5-4-6-10-13)14-18-15(19-21-14)20-11-7-2-3-8-12-20/h4-6,9-10H,2-3,7-8,11-12,17H2,1H3. The summed E-state index contributed by atoms with van der Waals surface area (Å²) in [6, 6.07) is 9.86. The lowest BCUT2D eigenvalue weighted by Crippen LogP contribution is -2.35. The van der Waals surface area contributed by atoms with Gasteiger partial charge in [0.1, 0.15) is 5.54 Å². The third-order valence-corrected chi connectivity index (χ3v) is 4.12. The van der Waals surface area contributed by atoms with Crippen molar-refractivity contribution in [2.75, 3.05) is 18.0 Å². The van der Waals surface area contributed by atoms with E-state index < -0.39 is 5.54 Å². The molecule has 3 rings (SSSR count). The quantitative estimate of drug-likeness (QED) is 0.939. The minimum absolute atomic E-state index is 0.466. The van der Waals surface area contributed by atoms with Crippen LogP contribution in [0.15, 0.2) is 34.9 Å². The van der Waals surface area contributed by atoms with Gasteiger partial charge in [-0.15, -0.1) is 0 Å². The van der Waals surface area contributed by atoms with Gasteiger partial charge in [0.15, 0.2) is 0 Å². The number of anilines is 1. The molecule has 0 radical (unpaired) electrons. The molecule has 21 heavy (non-hydrogen) atoms. The first-order valence-electron chi connectivity index (χ1n) is 7.61. The highest BCUT2D eigenvalue weighted by Crippen LogP contribution is 2.27. The Bertz CT molecular complexity index is 571. The van der Waals surface area contributed by atoms with Crippen LogP contribution in [0, 0.1) is 0 Å². The number of nitrogens with zero attached hydrogens (tertiary/aromatic N) is 3. The molecule has 1 saturated heterocycles. The number of rotatable bonds is 3. The highest BCUT2D eigenvalue weighted by atomic mass is 16.5. The van der Waals surface area contributed by atoms with Crippen LogP contribution in [0.2, 0.25) is 0 Å². The molecule has 1 aliphatic heterocycles. The lowest BCUT2D eigenvalue weighted by Gasteiger charge is -2.20. The second-order valence-corrected chi connectivity index (χ2v) is 5.87. The molecule has 112 valence electrons. The van der Waals surface area contributed by atoms with E-state index >= 15 is 0 Å². The van der Waals surface area contributed by atoms with Gasteiger partial charge in [-0.3, -0.25) is 0 Å². The van der Waals surface area contributed by atoms with Crippen LogP contribution in [0.4, 0.5) is 5.95 Å². The molecule has 0 bridgehead atoms. The van der Waals surface area contributed by atoms with E-state index in [1.54, 1.807) is 0 Å². The summed E-state index contributed by atoms with van der Waals surface area (Å²) in [5.74, 6) is 1.13. The molecule has 0 amide bonds. The number of benzene rings is 1. The molecule has 2 aromatic rings. The van der Waals surface area contributed by atoms with E-state index in [1.165, 1.54) is 25.7 Å². The van der Waals surface area contributed by atoms with Gasteiger partial charge in [0.25, 0.3) is 11.8 Å². The Balaban J connectivity index is 1.84. The Kier molecular flexibility index (Phi) is 3.92. The summed E-state index contributed by atoms with van der Waals surface area (Å²) in [6.45, 7) is 3.89. The molecule has 2 N–H and O–H groups in total. The lowest BCUT2D eigenvalue weighted by molar-refractivity contribution is 0.325. The molecule has 0 aliphatic carbocycles. The van der Waals surface area contributed by atoms with Crippen LogP contribution in [0.1, 0.15) is 44.1 Å². The van der Waals surface area contributed by atoms with Crippen LogP contribution >= 0.6 is 0 Å². The van der Waals surface area contributed by atoms with Crippen LogP contribution in [-0.2, 0) is 5.54 Å². The van der Waals surface area contributed by atoms with Crippen molar-refractivity contribution >= 4 is 5.95 Å². The van der Waals surface area contributed by atoms with E-state index in [4.69, 9.17) is 10.3 Å². The largest absolute Gasteiger partial charge is 0.338 e. The topological polar surface area (TPSA) is 68.2 Å². The van der Waals surface area contributed by atoms with Crippen molar-refractivity contribution in [2.45, 2.75) is 38.1 Å². The van der Waals surface area contributed by atoms with Gasteiger partial charge in [0.05, 0.1) is 0 Å². The number of nitrogens with two attached hydrogens (primary N) is 1. The number of aromatic nitrogens is 2. The Hall–Kier alpha value is -1.88. The maximum atomic E-state index is 6.42. The normalized spacial score (nSPS) is 19.0. The molecule has 1 aromatic heterocycles. The van der Waals surface area contributed by atoms with Crippen molar-refractivity contribution in [3.05, 3.63) is 41.8 Å². The van der Waals surface area contributed by atoms with Gasteiger partial charge in [-0.25, -0.2) is 0 Å². The van der Waals surface area contributed by atoms with Crippen molar-refractivity contribution in [2.24, 2.45) is 5.73 Å². The molecule has 1 aromatic carbocycles. The minimum atomic E-state index is -0.766. The predicted molar refractivity (Wildman–Crippen MR) is 82.1 cm³/mol. The zero-order valence-electron chi connectivity index (χ0n) is 12.5. The molecule has 5 heteroatoms. The second kappa shape index (κ2) is 5.85. The zero-order valence-corrected chi connectivity index (χ0v) is 12.5. The summed E-state index contributed by atoms with van der Waals surface area (Å²) in [5.41, 5.74) is 6.62. The Morgan fingerprint density at radius 1 is 1.10 bits per heavy atom. The maximum Gasteiger partial charge on any atom is 0.266 e. The highest BCUT2D eigenvalue weighted by molar-refractivity contribution is 5.33. The van der Waals surface area contributed by atoms with Crippen LogP contribution in [-0.4, -0.2) is 23.2 Å². The van der Waals surface area contributed by atoms with Crippen LogP contribution in [0.5, 0.6) is 0 Å². The van der Waals surface area contributed by atoms with E-state index in [1.807, 2.05) is 37.3 Å². The summed E-state index contributed by atoms with van der Waals surface area (Å²) in [5, 5.41) is 4.13. The summed E-state index contributed by atoms with van der Waals surface area (Å²) in [6.07, 6.45) is 4.92. The molecule has 5 nitrogen and oxygen atoms in total. The van der Waals surface area contributed by atoms with Crippen molar-refractivity contribution in [1.29, 1.82) is 0 Å². The Labute approximate surface area is 125 Å². The fourth-order valence-corrected chi connectivity index (χ4v) is 2.73. The summed E-state index contributed by atoms with van der Waals surface area (Å²) >= 11 is 0. The van der Waals surface area contributed by atoms with E-state index in [0.29, 0.717) is 11.8 Å².